The number of hydrogen-bond acceptors (Lipinski definition) is 3. The van der Waals surface area contributed by atoms with E-state index in [0.29, 0.717) is 11.7 Å². The fourth-order valence-corrected chi connectivity index (χ4v) is 1.58. The standard InChI is InChI=1S/C12H18ClN3O/c1-4-8-16(9-12(17)15(2)3)11-7-5-6-10(13)14-11/h5-7H,4,8-9H2,1-3H3. The van der Waals surface area contributed by atoms with Gasteiger partial charge < -0.3 is 9.80 Å². The molecule has 0 fully saturated rings. The third-order valence-corrected chi connectivity index (χ3v) is 2.55. The van der Waals surface area contributed by atoms with Gasteiger partial charge in [0.25, 0.3) is 0 Å². The first-order valence-corrected chi connectivity index (χ1v) is 6.00. The van der Waals surface area contributed by atoms with Crippen LogP contribution >= 0.6 is 11.6 Å². The molecule has 4 nitrogen and oxygen atoms in total. The van der Waals surface area contributed by atoms with E-state index in [9.17, 15) is 4.79 Å². The van der Waals surface area contributed by atoms with Gasteiger partial charge in [0.2, 0.25) is 5.91 Å². The minimum atomic E-state index is 0.0558. The summed E-state index contributed by atoms with van der Waals surface area (Å²) in [5.74, 6) is 0.801. The Hall–Kier alpha value is -1.29. The van der Waals surface area contributed by atoms with Crippen molar-refractivity contribution in [2.24, 2.45) is 0 Å². The lowest BCUT2D eigenvalue weighted by atomic mass is 10.3. The predicted octanol–water partition coefficient (Wildman–Crippen LogP) is 2.04. The second-order valence-electron chi connectivity index (χ2n) is 4.03. The normalized spacial score (nSPS) is 10.1. The fourth-order valence-electron chi connectivity index (χ4n) is 1.42. The molecule has 1 aromatic rings. The summed E-state index contributed by atoms with van der Waals surface area (Å²) in [6.07, 6.45) is 0.953. The molecule has 0 N–H and O–H groups in total. The minimum absolute atomic E-state index is 0.0558. The summed E-state index contributed by atoms with van der Waals surface area (Å²) in [4.78, 5) is 19.5. The number of carbonyl (C=O) groups excluding carboxylic acids is 1. The zero-order chi connectivity index (χ0) is 12.8. The molecular formula is C12H18ClN3O. The zero-order valence-corrected chi connectivity index (χ0v) is 11.2. The van der Waals surface area contributed by atoms with E-state index in [1.165, 1.54) is 0 Å². The molecule has 5 heteroatoms. The van der Waals surface area contributed by atoms with Crippen LogP contribution in [0.1, 0.15) is 13.3 Å². The summed E-state index contributed by atoms with van der Waals surface area (Å²) < 4.78 is 0. The number of aromatic nitrogens is 1. The topological polar surface area (TPSA) is 36.4 Å². The maximum Gasteiger partial charge on any atom is 0.241 e. The smallest absolute Gasteiger partial charge is 0.241 e. The number of rotatable bonds is 5. The van der Waals surface area contributed by atoms with Gasteiger partial charge >= 0.3 is 0 Å². The van der Waals surface area contributed by atoms with Crippen LogP contribution in [0, 0.1) is 0 Å². The summed E-state index contributed by atoms with van der Waals surface area (Å²) in [6, 6.07) is 5.43. The molecule has 0 atom stereocenters. The van der Waals surface area contributed by atoms with Crippen LogP contribution in [-0.4, -0.2) is 43.0 Å². The van der Waals surface area contributed by atoms with Crippen molar-refractivity contribution < 1.29 is 4.79 Å². The molecule has 0 radical (unpaired) electrons. The van der Waals surface area contributed by atoms with Gasteiger partial charge in [-0.15, -0.1) is 0 Å². The van der Waals surface area contributed by atoms with E-state index >= 15 is 0 Å². The van der Waals surface area contributed by atoms with Crippen LogP contribution in [0.15, 0.2) is 18.2 Å². The monoisotopic (exact) mass is 255 g/mol. The Bertz CT molecular complexity index is 382. The predicted molar refractivity (Wildman–Crippen MR) is 70.4 cm³/mol. The molecule has 0 saturated heterocycles. The highest BCUT2D eigenvalue weighted by Crippen LogP contribution is 2.14. The molecule has 0 spiro atoms. The van der Waals surface area contributed by atoms with Gasteiger partial charge in [-0.1, -0.05) is 24.6 Å². The number of pyridine rings is 1. The van der Waals surface area contributed by atoms with Crippen LogP contribution in [0.4, 0.5) is 5.82 Å². The van der Waals surface area contributed by atoms with Gasteiger partial charge in [-0.25, -0.2) is 4.98 Å². The fraction of sp³-hybridized carbons (Fsp3) is 0.500. The number of nitrogens with zero attached hydrogens (tertiary/aromatic N) is 3. The number of carbonyl (C=O) groups is 1. The first-order valence-electron chi connectivity index (χ1n) is 5.62. The lowest BCUT2D eigenvalue weighted by Crippen LogP contribution is -2.37. The van der Waals surface area contributed by atoms with Gasteiger partial charge in [0.05, 0.1) is 6.54 Å². The summed E-state index contributed by atoms with van der Waals surface area (Å²) in [5.41, 5.74) is 0. The average molecular weight is 256 g/mol. The van der Waals surface area contributed by atoms with Crippen molar-refractivity contribution in [2.75, 3.05) is 32.1 Å². The van der Waals surface area contributed by atoms with Crippen molar-refractivity contribution >= 4 is 23.3 Å². The van der Waals surface area contributed by atoms with Crippen LogP contribution < -0.4 is 4.90 Å². The number of amides is 1. The van der Waals surface area contributed by atoms with Gasteiger partial charge in [-0.3, -0.25) is 4.79 Å². The molecule has 0 aliphatic carbocycles. The van der Waals surface area contributed by atoms with Crippen molar-refractivity contribution in [3.63, 3.8) is 0 Å². The van der Waals surface area contributed by atoms with Gasteiger partial charge in [0.1, 0.15) is 11.0 Å². The van der Waals surface area contributed by atoms with Crippen molar-refractivity contribution in [1.29, 1.82) is 0 Å². The summed E-state index contributed by atoms with van der Waals surface area (Å²) >= 11 is 5.86. The van der Waals surface area contributed by atoms with Crippen molar-refractivity contribution in [3.05, 3.63) is 23.4 Å². The molecule has 0 bridgehead atoms. The van der Waals surface area contributed by atoms with E-state index in [-0.39, 0.29) is 5.91 Å². The van der Waals surface area contributed by atoms with Crippen molar-refractivity contribution in [1.82, 2.24) is 9.88 Å². The second kappa shape index (κ2) is 6.45. The van der Waals surface area contributed by atoms with Gasteiger partial charge in [0, 0.05) is 20.6 Å². The average Bonchev–Trinajstić information content (AvgIpc) is 2.28. The van der Waals surface area contributed by atoms with Crippen LogP contribution in [0.25, 0.3) is 0 Å². The van der Waals surface area contributed by atoms with E-state index in [0.717, 1.165) is 18.8 Å². The highest BCUT2D eigenvalue weighted by molar-refractivity contribution is 6.29. The van der Waals surface area contributed by atoms with Crippen LogP contribution in [-0.2, 0) is 4.79 Å². The Balaban J connectivity index is 2.82. The summed E-state index contributed by atoms with van der Waals surface area (Å²) in [7, 11) is 3.50. The number of hydrogen-bond donors (Lipinski definition) is 0. The van der Waals surface area contributed by atoms with Gasteiger partial charge in [0.15, 0.2) is 0 Å². The van der Waals surface area contributed by atoms with Gasteiger partial charge in [-0.05, 0) is 18.6 Å². The summed E-state index contributed by atoms with van der Waals surface area (Å²) in [5, 5.41) is 0.445. The molecule has 17 heavy (non-hydrogen) atoms. The molecule has 94 valence electrons. The molecule has 0 aliphatic rings. The SMILES string of the molecule is CCCN(CC(=O)N(C)C)c1cccc(Cl)n1. The van der Waals surface area contributed by atoms with Crippen LogP contribution in [0.3, 0.4) is 0 Å². The highest BCUT2D eigenvalue weighted by atomic mass is 35.5. The number of likely N-dealkylation sites (N-methyl/N-ethyl adjacent to an activating group) is 1. The largest absolute Gasteiger partial charge is 0.347 e. The van der Waals surface area contributed by atoms with Crippen molar-refractivity contribution in [2.45, 2.75) is 13.3 Å². The van der Waals surface area contributed by atoms with E-state index in [1.54, 1.807) is 25.1 Å². The third-order valence-electron chi connectivity index (χ3n) is 2.34. The molecular weight excluding hydrogens is 238 g/mol. The first kappa shape index (κ1) is 13.8. The Labute approximate surface area is 107 Å². The van der Waals surface area contributed by atoms with E-state index in [4.69, 9.17) is 11.6 Å². The molecule has 0 aliphatic heterocycles. The highest BCUT2D eigenvalue weighted by Gasteiger charge is 2.13. The lowest BCUT2D eigenvalue weighted by Gasteiger charge is -2.24. The molecule has 1 amide bonds. The molecule has 1 rings (SSSR count). The molecule has 1 heterocycles. The zero-order valence-electron chi connectivity index (χ0n) is 10.5. The Morgan fingerprint density at radius 2 is 2.12 bits per heavy atom. The quantitative estimate of drug-likeness (QED) is 0.756. The minimum Gasteiger partial charge on any atom is -0.347 e. The maximum atomic E-state index is 11.7. The number of halogens is 1. The Morgan fingerprint density at radius 1 is 1.41 bits per heavy atom. The third kappa shape index (κ3) is 4.23. The van der Waals surface area contributed by atoms with Crippen LogP contribution in [0.2, 0.25) is 5.15 Å². The maximum absolute atomic E-state index is 11.7. The Morgan fingerprint density at radius 3 is 2.65 bits per heavy atom. The van der Waals surface area contributed by atoms with Gasteiger partial charge in [-0.2, -0.15) is 0 Å². The van der Waals surface area contributed by atoms with E-state index < -0.39 is 0 Å². The molecule has 0 aromatic carbocycles. The number of anilines is 1. The van der Waals surface area contributed by atoms with E-state index in [2.05, 4.69) is 11.9 Å². The molecule has 1 aromatic heterocycles. The molecule has 0 saturated carbocycles. The molecule has 0 unspecified atom stereocenters. The van der Waals surface area contributed by atoms with Crippen molar-refractivity contribution in [3.8, 4) is 0 Å². The summed E-state index contributed by atoms with van der Waals surface area (Å²) in [6.45, 7) is 3.18. The van der Waals surface area contributed by atoms with E-state index in [1.807, 2.05) is 17.0 Å². The van der Waals surface area contributed by atoms with Crippen LogP contribution in [0.5, 0.6) is 0 Å². The Kier molecular flexibility index (Phi) is 5.22. The second-order valence-corrected chi connectivity index (χ2v) is 4.42. The lowest BCUT2D eigenvalue weighted by molar-refractivity contribution is -0.127. The first-order chi connectivity index (χ1) is 8.04.